The molecule has 4 rings (SSSR count). The summed E-state index contributed by atoms with van der Waals surface area (Å²) in [5.74, 6) is 0.840. The zero-order chi connectivity index (χ0) is 15.2. The SMILES string of the molecule is Cc1nc(-c2ccccc2)nc2c1COC[C@@]21CCN(C)C1. The van der Waals surface area contributed by atoms with Gasteiger partial charge in [-0.15, -0.1) is 0 Å². The molecule has 114 valence electrons. The number of rotatable bonds is 1. The molecule has 1 aromatic heterocycles. The minimum Gasteiger partial charge on any atom is -0.376 e. The lowest BCUT2D eigenvalue weighted by molar-refractivity contribution is 0.0511. The highest BCUT2D eigenvalue weighted by Gasteiger charge is 2.44. The van der Waals surface area contributed by atoms with E-state index >= 15 is 0 Å². The van der Waals surface area contributed by atoms with E-state index in [1.165, 1.54) is 11.3 Å². The van der Waals surface area contributed by atoms with Gasteiger partial charge in [0.05, 0.1) is 24.3 Å². The Balaban J connectivity index is 1.87. The first-order valence-corrected chi connectivity index (χ1v) is 7.88. The van der Waals surface area contributed by atoms with Crippen LogP contribution in [0.2, 0.25) is 0 Å². The van der Waals surface area contributed by atoms with Crippen molar-refractivity contribution in [3.63, 3.8) is 0 Å². The minimum absolute atomic E-state index is 0.0412. The molecule has 0 N–H and O–H groups in total. The highest BCUT2D eigenvalue weighted by atomic mass is 16.5. The van der Waals surface area contributed by atoms with E-state index in [1.54, 1.807) is 0 Å². The second-order valence-corrected chi connectivity index (χ2v) is 6.59. The van der Waals surface area contributed by atoms with Crippen LogP contribution >= 0.6 is 0 Å². The Morgan fingerprint density at radius 2 is 2.00 bits per heavy atom. The van der Waals surface area contributed by atoms with Gasteiger partial charge in [-0.2, -0.15) is 0 Å². The fraction of sp³-hybridized carbons (Fsp3) is 0.444. The lowest BCUT2D eigenvalue weighted by Crippen LogP contribution is -2.40. The molecule has 0 bridgehead atoms. The number of hydrogen-bond acceptors (Lipinski definition) is 4. The van der Waals surface area contributed by atoms with Crippen LogP contribution in [0.1, 0.15) is 23.4 Å². The third-order valence-electron chi connectivity index (χ3n) is 4.92. The number of aryl methyl sites for hydroxylation is 1. The third kappa shape index (κ3) is 2.14. The largest absolute Gasteiger partial charge is 0.376 e. The molecule has 4 heteroatoms. The number of nitrogens with zero attached hydrogens (tertiary/aromatic N) is 3. The van der Waals surface area contributed by atoms with Crippen molar-refractivity contribution < 1.29 is 4.74 Å². The third-order valence-corrected chi connectivity index (χ3v) is 4.92. The Morgan fingerprint density at radius 3 is 2.73 bits per heavy atom. The number of ether oxygens (including phenoxy) is 1. The highest BCUT2D eigenvalue weighted by molar-refractivity contribution is 5.56. The minimum atomic E-state index is 0.0412. The van der Waals surface area contributed by atoms with Crippen molar-refractivity contribution >= 4 is 0 Å². The second-order valence-electron chi connectivity index (χ2n) is 6.59. The summed E-state index contributed by atoms with van der Waals surface area (Å²) in [5, 5.41) is 0. The van der Waals surface area contributed by atoms with Gasteiger partial charge in [-0.25, -0.2) is 9.97 Å². The summed E-state index contributed by atoms with van der Waals surface area (Å²) in [4.78, 5) is 12.1. The Morgan fingerprint density at radius 1 is 1.18 bits per heavy atom. The van der Waals surface area contributed by atoms with E-state index in [4.69, 9.17) is 14.7 Å². The topological polar surface area (TPSA) is 38.3 Å². The van der Waals surface area contributed by atoms with Crippen LogP contribution in [0.15, 0.2) is 30.3 Å². The first-order valence-electron chi connectivity index (χ1n) is 7.88. The van der Waals surface area contributed by atoms with Gasteiger partial charge in [0.1, 0.15) is 0 Å². The summed E-state index contributed by atoms with van der Waals surface area (Å²) < 4.78 is 5.90. The lowest BCUT2D eigenvalue weighted by atomic mass is 9.80. The summed E-state index contributed by atoms with van der Waals surface area (Å²) >= 11 is 0. The fourth-order valence-electron chi connectivity index (χ4n) is 3.73. The van der Waals surface area contributed by atoms with Crippen LogP contribution < -0.4 is 0 Å². The van der Waals surface area contributed by atoms with E-state index in [0.29, 0.717) is 6.61 Å². The van der Waals surface area contributed by atoms with Gasteiger partial charge in [-0.3, -0.25) is 0 Å². The molecule has 2 aromatic rings. The van der Waals surface area contributed by atoms with Crippen molar-refractivity contribution in [2.24, 2.45) is 0 Å². The summed E-state index contributed by atoms with van der Waals surface area (Å²) in [6, 6.07) is 10.3. The molecule has 0 unspecified atom stereocenters. The number of aromatic nitrogens is 2. The summed E-state index contributed by atoms with van der Waals surface area (Å²) in [7, 11) is 2.18. The molecule has 22 heavy (non-hydrogen) atoms. The van der Waals surface area contributed by atoms with E-state index in [-0.39, 0.29) is 5.41 Å². The van der Waals surface area contributed by atoms with Crippen LogP contribution in [0.4, 0.5) is 0 Å². The van der Waals surface area contributed by atoms with E-state index < -0.39 is 0 Å². The van der Waals surface area contributed by atoms with Crippen LogP contribution in [0.3, 0.4) is 0 Å². The molecule has 0 amide bonds. The van der Waals surface area contributed by atoms with Gasteiger partial charge >= 0.3 is 0 Å². The van der Waals surface area contributed by atoms with E-state index in [0.717, 1.165) is 43.2 Å². The van der Waals surface area contributed by atoms with Crippen molar-refractivity contribution in [2.45, 2.75) is 25.4 Å². The van der Waals surface area contributed by atoms with Crippen LogP contribution in [0.5, 0.6) is 0 Å². The van der Waals surface area contributed by atoms with E-state index in [2.05, 4.69) is 31.0 Å². The van der Waals surface area contributed by atoms with Gasteiger partial charge in [0.15, 0.2) is 5.82 Å². The summed E-state index contributed by atoms with van der Waals surface area (Å²) in [5.41, 5.74) is 4.59. The van der Waals surface area contributed by atoms with Crippen LogP contribution in [0, 0.1) is 6.92 Å². The second kappa shape index (κ2) is 5.14. The monoisotopic (exact) mass is 295 g/mol. The molecule has 1 saturated heterocycles. The molecular formula is C18H21N3O. The molecule has 1 spiro atoms. The molecule has 1 fully saturated rings. The Kier molecular flexibility index (Phi) is 3.24. The zero-order valence-electron chi connectivity index (χ0n) is 13.2. The van der Waals surface area contributed by atoms with Crippen molar-refractivity contribution in [1.29, 1.82) is 0 Å². The number of likely N-dealkylation sites (tertiary alicyclic amines) is 1. The molecular weight excluding hydrogens is 274 g/mol. The van der Waals surface area contributed by atoms with Crippen LogP contribution in [-0.2, 0) is 16.8 Å². The molecule has 0 aliphatic carbocycles. The van der Waals surface area contributed by atoms with Gasteiger partial charge in [0, 0.05) is 23.4 Å². The maximum Gasteiger partial charge on any atom is 0.159 e. The standard InChI is InChI=1S/C18H21N3O/c1-13-15-10-22-12-18(8-9-21(2)11-18)16(15)20-17(19-13)14-6-4-3-5-7-14/h3-7H,8-12H2,1-2H3/t18-/m0/s1. The van der Waals surface area contributed by atoms with Crippen LogP contribution in [-0.4, -0.2) is 41.6 Å². The molecule has 2 aliphatic rings. The van der Waals surface area contributed by atoms with Crippen molar-refractivity contribution in [3.05, 3.63) is 47.3 Å². The normalized spacial score (nSPS) is 24.6. The Bertz CT molecular complexity index is 701. The number of hydrogen-bond donors (Lipinski definition) is 0. The quantitative estimate of drug-likeness (QED) is 0.810. The molecule has 3 heterocycles. The number of fused-ring (bicyclic) bond motifs is 2. The molecule has 4 nitrogen and oxygen atoms in total. The van der Waals surface area contributed by atoms with Gasteiger partial charge in [0.2, 0.25) is 0 Å². The average molecular weight is 295 g/mol. The molecule has 1 atom stereocenters. The summed E-state index contributed by atoms with van der Waals surface area (Å²) in [6.07, 6.45) is 1.11. The van der Waals surface area contributed by atoms with Gasteiger partial charge < -0.3 is 9.64 Å². The number of benzene rings is 1. The first kappa shape index (κ1) is 13.9. The van der Waals surface area contributed by atoms with E-state index in [9.17, 15) is 0 Å². The van der Waals surface area contributed by atoms with Crippen molar-refractivity contribution in [1.82, 2.24) is 14.9 Å². The maximum absolute atomic E-state index is 5.90. The molecule has 0 saturated carbocycles. The Hall–Kier alpha value is -1.78. The molecule has 1 aromatic carbocycles. The van der Waals surface area contributed by atoms with Gasteiger partial charge in [-0.05, 0) is 26.9 Å². The number of likely N-dealkylation sites (N-methyl/N-ethyl adjacent to an activating group) is 1. The van der Waals surface area contributed by atoms with Crippen LogP contribution in [0.25, 0.3) is 11.4 Å². The highest BCUT2D eigenvalue weighted by Crippen LogP contribution is 2.40. The predicted octanol–water partition coefficient (Wildman–Crippen LogP) is 2.56. The van der Waals surface area contributed by atoms with E-state index in [1.807, 2.05) is 18.2 Å². The Labute approximate surface area is 131 Å². The summed E-state index contributed by atoms with van der Waals surface area (Å²) in [6.45, 7) is 5.61. The molecule has 2 aliphatic heterocycles. The predicted molar refractivity (Wildman–Crippen MR) is 85.7 cm³/mol. The van der Waals surface area contributed by atoms with Crippen molar-refractivity contribution in [2.75, 3.05) is 26.7 Å². The molecule has 0 radical (unpaired) electrons. The fourth-order valence-corrected chi connectivity index (χ4v) is 3.73. The first-order chi connectivity index (χ1) is 10.7. The van der Waals surface area contributed by atoms with Gasteiger partial charge in [0.25, 0.3) is 0 Å². The zero-order valence-corrected chi connectivity index (χ0v) is 13.2. The van der Waals surface area contributed by atoms with Gasteiger partial charge in [-0.1, -0.05) is 30.3 Å². The lowest BCUT2D eigenvalue weighted by Gasteiger charge is -2.35. The maximum atomic E-state index is 5.90. The smallest absolute Gasteiger partial charge is 0.159 e. The van der Waals surface area contributed by atoms with Crippen molar-refractivity contribution in [3.8, 4) is 11.4 Å². The average Bonchev–Trinajstić information content (AvgIpc) is 2.91.